The minimum Gasteiger partial charge on any atom is -0.468 e. The maximum Gasteiger partial charge on any atom is 0.338 e. The fraction of sp³-hybridized carbons (Fsp3) is 0.0952. The summed E-state index contributed by atoms with van der Waals surface area (Å²) in [6, 6.07) is 16.1. The van der Waals surface area contributed by atoms with Crippen LogP contribution in [-0.2, 0) is 27.9 Å². The number of nitrogens with two attached hydrogens (primary N) is 1. The Balaban J connectivity index is 1.45. The Hall–Kier alpha value is -3.76. The maximum atomic E-state index is 12.5. The molecule has 9 nitrogen and oxygen atoms in total. The second-order valence-electron chi connectivity index (χ2n) is 6.55. The third kappa shape index (κ3) is 4.71. The number of anilines is 1. The second kappa shape index (κ2) is 8.54. The summed E-state index contributed by atoms with van der Waals surface area (Å²) in [6.45, 7) is -0.216. The number of furan rings is 1. The third-order valence-corrected chi connectivity index (χ3v) is 5.81. The number of fused-ring (bicyclic) bond motifs is 1. The van der Waals surface area contributed by atoms with Crippen LogP contribution in [0.1, 0.15) is 21.9 Å². The number of hydrogen-bond acceptors (Lipinski definition) is 8. The first-order valence-electron chi connectivity index (χ1n) is 9.23. The largest absolute Gasteiger partial charge is 0.468 e. The van der Waals surface area contributed by atoms with Gasteiger partial charge in [-0.3, -0.25) is 0 Å². The van der Waals surface area contributed by atoms with Crippen molar-refractivity contribution in [3.63, 3.8) is 0 Å². The van der Waals surface area contributed by atoms with Crippen LogP contribution in [-0.4, -0.2) is 24.4 Å². The lowest BCUT2D eigenvalue weighted by molar-refractivity contribution is 0.0462. The summed E-state index contributed by atoms with van der Waals surface area (Å²) in [5, 5.41) is 0.706. The number of rotatable bonds is 7. The smallest absolute Gasteiger partial charge is 0.338 e. The molecular formula is C21H18N4O5S. The number of esters is 1. The summed E-state index contributed by atoms with van der Waals surface area (Å²) in [7, 11) is -3.85. The Morgan fingerprint density at radius 1 is 1.06 bits per heavy atom. The molecule has 0 amide bonds. The highest BCUT2D eigenvalue weighted by Crippen LogP contribution is 2.18. The highest BCUT2D eigenvalue weighted by atomic mass is 32.2. The lowest BCUT2D eigenvalue weighted by atomic mass is 10.2. The highest BCUT2D eigenvalue weighted by molar-refractivity contribution is 7.89. The first-order valence-corrected chi connectivity index (χ1v) is 10.7. The molecule has 0 fully saturated rings. The van der Waals surface area contributed by atoms with Crippen LogP contribution in [0.2, 0.25) is 0 Å². The standard InChI is InChI=1S/C21H18N4O5S/c22-20-17-8-1-2-9-18(17)24-19(25-20)13-30-21(26)14-5-3-7-16(11-14)31(27,28)23-12-15-6-4-10-29-15/h1-11,23H,12-13H2,(H2,22,24,25). The van der Waals surface area contributed by atoms with E-state index in [1.807, 2.05) is 12.1 Å². The van der Waals surface area contributed by atoms with Gasteiger partial charge in [-0.2, -0.15) is 0 Å². The number of sulfonamides is 1. The SMILES string of the molecule is Nc1nc(COC(=O)c2cccc(S(=O)(=O)NCc3ccco3)c2)nc2ccccc12. The van der Waals surface area contributed by atoms with Gasteiger partial charge < -0.3 is 14.9 Å². The van der Waals surface area contributed by atoms with E-state index in [0.717, 1.165) is 0 Å². The predicted octanol–water partition coefficient (Wildman–Crippen LogP) is 2.64. The van der Waals surface area contributed by atoms with E-state index in [9.17, 15) is 13.2 Å². The van der Waals surface area contributed by atoms with Gasteiger partial charge in [-0.1, -0.05) is 18.2 Å². The van der Waals surface area contributed by atoms with E-state index < -0.39 is 16.0 Å². The van der Waals surface area contributed by atoms with Gasteiger partial charge in [0, 0.05) is 5.39 Å². The number of para-hydroxylation sites is 1. The zero-order chi connectivity index (χ0) is 21.8. The molecule has 0 saturated carbocycles. The fourth-order valence-corrected chi connectivity index (χ4v) is 3.92. The number of carbonyl (C=O) groups excluding carboxylic acids is 1. The number of nitrogens with one attached hydrogen (secondary N) is 1. The van der Waals surface area contributed by atoms with Gasteiger partial charge in [0.25, 0.3) is 0 Å². The monoisotopic (exact) mass is 438 g/mol. The van der Waals surface area contributed by atoms with E-state index in [1.54, 1.807) is 24.3 Å². The zero-order valence-electron chi connectivity index (χ0n) is 16.2. The normalized spacial score (nSPS) is 11.5. The van der Waals surface area contributed by atoms with E-state index in [4.69, 9.17) is 14.9 Å². The van der Waals surface area contributed by atoms with Crippen molar-refractivity contribution >= 4 is 32.7 Å². The molecule has 0 atom stereocenters. The van der Waals surface area contributed by atoms with Crippen molar-refractivity contribution < 1.29 is 22.4 Å². The molecule has 31 heavy (non-hydrogen) atoms. The number of aromatic nitrogens is 2. The average Bonchev–Trinajstić information content (AvgIpc) is 3.30. The van der Waals surface area contributed by atoms with Gasteiger partial charge in [-0.15, -0.1) is 0 Å². The van der Waals surface area contributed by atoms with Gasteiger partial charge in [0.1, 0.15) is 11.6 Å². The summed E-state index contributed by atoms with van der Waals surface area (Å²) in [4.78, 5) is 20.9. The van der Waals surface area contributed by atoms with Crippen LogP contribution in [0.15, 0.2) is 76.2 Å². The molecule has 0 bridgehead atoms. The lowest BCUT2D eigenvalue weighted by Crippen LogP contribution is -2.23. The van der Waals surface area contributed by atoms with Crippen molar-refractivity contribution in [1.29, 1.82) is 0 Å². The van der Waals surface area contributed by atoms with E-state index >= 15 is 0 Å². The van der Waals surface area contributed by atoms with Gasteiger partial charge in [0.2, 0.25) is 10.0 Å². The molecule has 4 aromatic rings. The molecule has 0 unspecified atom stereocenters. The Kier molecular flexibility index (Phi) is 5.65. The van der Waals surface area contributed by atoms with E-state index in [2.05, 4.69) is 14.7 Å². The molecular weight excluding hydrogens is 420 g/mol. The molecule has 0 aliphatic rings. The average molecular weight is 438 g/mol. The predicted molar refractivity (Wildman–Crippen MR) is 112 cm³/mol. The summed E-state index contributed by atoms with van der Waals surface area (Å²) in [6.07, 6.45) is 1.45. The second-order valence-corrected chi connectivity index (χ2v) is 8.32. The van der Waals surface area contributed by atoms with Crippen LogP contribution < -0.4 is 10.5 Å². The van der Waals surface area contributed by atoms with Crippen LogP contribution in [0.4, 0.5) is 5.82 Å². The van der Waals surface area contributed by atoms with Gasteiger partial charge in [0.15, 0.2) is 12.4 Å². The van der Waals surface area contributed by atoms with Crippen LogP contribution in [0.25, 0.3) is 10.9 Å². The van der Waals surface area contributed by atoms with E-state index in [-0.39, 0.29) is 35.3 Å². The topological polar surface area (TPSA) is 137 Å². The van der Waals surface area contributed by atoms with E-state index in [0.29, 0.717) is 16.7 Å². The first kappa shape index (κ1) is 20.5. The number of ether oxygens (including phenoxy) is 1. The third-order valence-electron chi connectivity index (χ3n) is 4.41. The first-order chi connectivity index (χ1) is 14.9. The number of nitrogens with zero attached hydrogens (tertiary/aromatic N) is 2. The van der Waals surface area contributed by atoms with Crippen LogP contribution in [0.5, 0.6) is 0 Å². The van der Waals surface area contributed by atoms with Crippen molar-refractivity contribution in [2.24, 2.45) is 0 Å². The summed E-state index contributed by atoms with van der Waals surface area (Å²) in [5.74, 6) is 0.285. The molecule has 0 radical (unpaired) electrons. The molecule has 4 rings (SSSR count). The molecule has 0 saturated heterocycles. The zero-order valence-corrected chi connectivity index (χ0v) is 17.0. The molecule has 2 aromatic heterocycles. The van der Waals surface area contributed by atoms with E-state index in [1.165, 1.54) is 30.5 Å². The Bertz CT molecular complexity index is 1340. The van der Waals surface area contributed by atoms with Crippen LogP contribution in [0.3, 0.4) is 0 Å². The lowest BCUT2D eigenvalue weighted by Gasteiger charge is -2.09. The van der Waals surface area contributed by atoms with Crippen molar-refractivity contribution in [2.75, 3.05) is 5.73 Å². The Labute approximate surface area is 177 Å². The molecule has 2 heterocycles. The Morgan fingerprint density at radius 3 is 2.71 bits per heavy atom. The Morgan fingerprint density at radius 2 is 1.90 bits per heavy atom. The number of carbonyl (C=O) groups is 1. The summed E-state index contributed by atoms with van der Waals surface area (Å²) < 4.78 is 37.8. The van der Waals surface area contributed by atoms with Crippen molar-refractivity contribution in [2.45, 2.75) is 18.0 Å². The van der Waals surface area contributed by atoms with Crippen LogP contribution in [0, 0.1) is 0 Å². The molecule has 3 N–H and O–H groups in total. The fourth-order valence-electron chi connectivity index (χ4n) is 2.88. The number of hydrogen-bond donors (Lipinski definition) is 2. The molecule has 0 aliphatic carbocycles. The highest BCUT2D eigenvalue weighted by Gasteiger charge is 2.18. The van der Waals surface area contributed by atoms with Gasteiger partial charge >= 0.3 is 5.97 Å². The molecule has 10 heteroatoms. The summed E-state index contributed by atoms with van der Waals surface area (Å²) >= 11 is 0. The number of nitrogen functional groups attached to an aromatic ring is 1. The minimum atomic E-state index is -3.85. The molecule has 2 aromatic carbocycles. The van der Waals surface area contributed by atoms with Gasteiger partial charge in [0.05, 0.1) is 28.8 Å². The minimum absolute atomic E-state index is 0.00919. The van der Waals surface area contributed by atoms with Gasteiger partial charge in [-0.05, 0) is 42.5 Å². The molecule has 0 spiro atoms. The van der Waals surface area contributed by atoms with Crippen LogP contribution >= 0.6 is 0 Å². The number of benzene rings is 2. The molecule has 158 valence electrons. The van der Waals surface area contributed by atoms with Gasteiger partial charge in [-0.25, -0.2) is 27.9 Å². The van der Waals surface area contributed by atoms with Crippen molar-refractivity contribution in [1.82, 2.24) is 14.7 Å². The summed E-state index contributed by atoms with van der Waals surface area (Å²) in [5.41, 5.74) is 6.65. The maximum absolute atomic E-state index is 12.5. The van der Waals surface area contributed by atoms with Crippen molar-refractivity contribution in [3.05, 3.63) is 84.1 Å². The van der Waals surface area contributed by atoms with Crippen molar-refractivity contribution in [3.8, 4) is 0 Å². The molecule has 0 aliphatic heterocycles. The quantitative estimate of drug-likeness (QED) is 0.420.